The number of hydrogen-bond acceptors (Lipinski definition) is 3. The Labute approximate surface area is 106 Å². The van der Waals surface area contributed by atoms with Gasteiger partial charge in [0, 0.05) is 10.7 Å². The molecule has 0 bridgehead atoms. The Hall–Kier alpha value is -1.74. The summed E-state index contributed by atoms with van der Waals surface area (Å²) in [6.45, 7) is 3.97. The number of nitrogen functional groups attached to an aromatic ring is 1. The smallest absolute Gasteiger partial charge is 0.133 e. The van der Waals surface area contributed by atoms with Crippen LogP contribution in [0.1, 0.15) is 11.1 Å². The molecule has 0 saturated carbocycles. The Morgan fingerprint density at radius 1 is 1.18 bits per heavy atom. The normalized spacial score (nSPS) is 10.3. The number of nitrogens with one attached hydrogen (secondary N) is 1. The zero-order valence-electron chi connectivity index (χ0n) is 9.79. The van der Waals surface area contributed by atoms with Crippen molar-refractivity contribution in [2.45, 2.75) is 13.8 Å². The number of rotatable bonds is 2. The Morgan fingerprint density at radius 2 is 1.94 bits per heavy atom. The van der Waals surface area contributed by atoms with Gasteiger partial charge in [-0.1, -0.05) is 11.6 Å². The molecule has 1 aromatic heterocycles. The molecule has 0 aliphatic heterocycles. The van der Waals surface area contributed by atoms with Crippen LogP contribution < -0.4 is 11.1 Å². The number of hydrogen-bond donors (Lipinski definition) is 2. The average Bonchev–Trinajstić information content (AvgIpc) is 2.25. The SMILES string of the molecule is Cc1cc(Cl)ccc1Nc1ncc(N)cc1C. The molecule has 1 heterocycles. The molecule has 1 aromatic carbocycles. The molecule has 0 spiro atoms. The van der Waals surface area contributed by atoms with Gasteiger partial charge in [-0.3, -0.25) is 0 Å². The molecule has 0 saturated heterocycles. The summed E-state index contributed by atoms with van der Waals surface area (Å²) in [6.07, 6.45) is 1.64. The van der Waals surface area contributed by atoms with Crippen molar-refractivity contribution in [2.24, 2.45) is 0 Å². The second-order valence-corrected chi connectivity index (χ2v) is 4.45. The quantitative estimate of drug-likeness (QED) is 0.851. The third-order valence-corrected chi connectivity index (χ3v) is 2.78. The van der Waals surface area contributed by atoms with E-state index in [9.17, 15) is 0 Å². The molecule has 0 amide bonds. The fraction of sp³-hybridized carbons (Fsp3) is 0.154. The average molecular weight is 248 g/mol. The highest BCUT2D eigenvalue weighted by molar-refractivity contribution is 6.30. The first-order valence-electron chi connectivity index (χ1n) is 5.31. The summed E-state index contributed by atoms with van der Waals surface area (Å²) >= 11 is 5.91. The molecule has 88 valence electrons. The molecule has 2 rings (SSSR count). The van der Waals surface area contributed by atoms with Gasteiger partial charge in [0.15, 0.2) is 0 Å². The van der Waals surface area contributed by atoms with Crippen molar-refractivity contribution in [3.8, 4) is 0 Å². The van der Waals surface area contributed by atoms with Gasteiger partial charge in [-0.15, -0.1) is 0 Å². The number of aromatic nitrogens is 1. The molecule has 0 aliphatic carbocycles. The molecular weight excluding hydrogens is 234 g/mol. The summed E-state index contributed by atoms with van der Waals surface area (Å²) in [7, 11) is 0. The minimum Gasteiger partial charge on any atom is -0.397 e. The van der Waals surface area contributed by atoms with E-state index in [4.69, 9.17) is 17.3 Å². The zero-order valence-corrected chi connectivity index (χ0v) is 10.5. The monoisotopic (exact) mass is 247 g/mol. The van der Waals surface area contributed by atoms with Crippen molar-refractivity contribution >= 4 is 28.8 Å². The molecule has 0 fully saturated rings. The molecule has 0 atom stereocenters. The number of aryl methyl sites for hydroxylation is 2. The maximum Gasteiger partial charge on any atom is 0.133 e. The van der Waals surface area contributed by atoms with Crippen LogP contribution in [-0.2, 0) is 0 Å². The van der Waals surface area contributed by atoms with Gasteiger partial charge >= 0.3 is 0 Å². The predicted octanol–water partition coefficient (Wildman–Crippen LogP) is 3.68. The van der Waals surface area contributed by atoms with Crippen LogP contribution in [0.15, 0.2) is 30.5 Å². The van der Waals surface area contributed by atoms with Gasteiger partial charge in [0.2, 0.25) is 0 Å². The van der Waals surface area contributed by atoms with Crippen molar-refractivity contribution in [3.05, 3.63) is 46.6 Å². The van der Waals surface area contributed by atoms with Gasteiger partial charge in [0.25, 0.3) is 0 Å². The molecular formula is C13H14ClN3. The van der Waals surface area contributed by atoms with E-state index in [-0.39, 0.29) is 0 Å². The maximum atomic E-state index is 5.91. The Balaban J connectivity index is 2.31. The summed E-state index contributed by atoms with van der Waals surface area (Å²) in [5.74, 6) is 0.810. The van der Waals surface area contributed by atoms with E-state index < -0.39 is 0 Å². The van der Waals surface area contributed by atoms with Crippen LogP contribution in [0.3, 0.4) is 0 Å². The van der Waals surface area contributed by atoms with E-state index in [0.717, 1.165) is 27.7 Å². The first kappa shape index (κ1) is 11.7. The standard InChI is InChI=1S/C13H14ClN3/c1-8-5-10(14)3-4-12(8)17-13-9(2)6-11(15)7-16-13/h3-7H,15H2,1-2H3,(H,16,17). The first-order valence-corrected chi connectivity index (χ1v) is 5.69. The summed E-state index contributed by atoms with van der Waals surface area (Å²) < 4.78 is 0. The molecule has 0 aliphatic rings. The van der Waals surface area contributed by atoms with E-state index in [1.807, 2.05) is 38.1 Å². The minimum absolute atomic E-state index is 0.667. The molecule has 3 N–H and O–H groups in total. The predicted molar refractivity (Wildman–Crippen MR) is 72.9 cm³/mol. The van der Waals surface area contributed by atoms with E-state index >= 15 is 0 Å². The lowest BCUT2D eigenvalue weighted by atomic mass is 10.2. The Morgan fingerprint density at radius 3 is 2.59 bits per heavy atom. The fourth-order valence-electron chi connectivity index (χ4n) is 1.62. The van der Waals surface area contributed by atoms with Crippen molar-refractivity contribution in [2.75, 3.05) is 11.1 Å². The highest BCUT2D eigenvalue weighted by atomic mass is 35.5. The summed E-state index contributed by atoms with van der Waals surface area (Å²) in [5.41, 5.74) is 9.42. The molecule has 2 aromatic rings. The van der Waals surface area contributed by atoms with Crippen LogP contribution in [-0.4, -0.2) is 4.98 Å². The van der Waals surface area contributed by atoms with Gasteiger partial charge in [-0.05, 0) is 49.2 Å². The topological polar surface area (TPSA) is 50.9 Å². The lowest BCUT2D eigenvalue weighted by molar-refractivity contribution is 1.25. The number of halogens is 1. The maximum absolute atomic E-state index is 5.91. The summed E-state index contributed by atoms with van der Waals surface area (Å²) in [5, 5.41) is 4.00. The fourth-order valence-corrected chi connectivity index (χ4v) is 1.85. The van der Waals surface area contributed by atoms with Gasteiger partial charge < -0.3 is 11.1 Å². The van der Waals surface area contributed by atoms with Gasteiger partial charge in [0.1, 0.15) is 5.82 Å². The zero-order chi connectivity index (χ0) is 12.4. The highest BCUT2D eigenvalue weighted by Crippen LogP contribution is 2.24. The Kier molecular flexibility index (Phi) is 3.20. The largest absolute Gasteiger partial charge is 0.397 e. The second-order valence-electron chi connectivity index (χ2n) is 4.02. The van der Waals surface area contributed by atoms with Crippen LogP contribution in [0.4, 0.5) is 17.2 Å². The van der Waals surface area contributed by atoms with Crippen LogP contribution in [0.25, 0.3) is 0 Å². The molecule has 0 unspecified atom stereocenters. The molecule has 17 heavy (non-hydrogen) atoms. The van der Waals surface area contributed by atoms with Crippen LogP contribution in [0, 0.1) is 13.8 Å². The number of anilines is 3. The lowest BCUT2D eigenvalue weighted by Crippen LogP contribution is -1.99. The molecule has 4 heteroatoms. The van der Waals surface area contributed by atoms with E-state index in [0.29, 0.717) is 5.69 Å². The van der Waals surface area contributed by atoms with Crippen molar-refractivity contribution in [3.63, 3.8) is 0 Å². The van der Waals surface area contributed by atoms with Gasteiger partial charge in [-0.25, -0.2) is 4.98 Å². The third kappa shape index (κ3) is 2.68. The van der Waals surface area contributed by atoms with Crippen molar-refractivity contribution in [1.82, 2.24) is 4.98 Å². The van der Waals surface area contributed by atoms with Crippen molar-refractivity contribution in [1.29, 1.82) is 0 Å². The number of pyridine rings is 1. The molecule has 3 nitrogen and oxygen atoms in total. The number of benzene rings is 1. The summed E-state index contributed by atoms with van der Waals surface area (Å²) in [4.78, 5) is 4.27. The third-order valence-electron chi connectivity index (χ3n) is 2.54. The lowest BCUT2D eigenvalue weighted by Gasteiger charge is -2.11. The van der Waals surface area contributed by atoms with Gasteiger partial charge in [-0.2, -0.15) is 0 Å². The van der Waals surface area contributed by atoms with Crippen molar-refractivity contribution < 1.29 is 0 Å². The number of nitrogens with two attached hydrogens (primary N) is 1. The highest BCUT2D eigenvalue weighted by Gasteiger charge is 2.03. The van der Waals surface area contributed by atoms with Crippen LogP contribution in [0.5, 0.6) is 0 Å². The number of nitrogens with zero attached hydrogens (tertiary/aromatic N) is 1. The second kappa shape index (κ2) is 4.63. The first-order chi connectivity index (χ1) is 8.06. The van der Waals surface area contributed by atoms with E-state index in [1.54, 1.807) is 6.20 Å². The van der Waals surface area contributed by atoms with E-state index in [2.05, 4.69) is 10.3 Å². The van der Waals surface area contributed by atoms with Crippen LogP contribution in [0.2, 0.25) is 5.02 Å². The Bertz CT molecular complexity index is 503. The minimum atomic E-state index is 0.667. The van der Waals surface area contributed by atoms with Gasteiger partial charge in [0.05, 0.1) is 11.9 Å². The summed E-state index contributed by atoms with van der Waals surface area (Å²) in [6, 6.07) is 7.59. The van der Waals surface area contributed by atoms with Crippen LogP contribution >= 0.6 is 11.6 Å². The van der Waals surface area contributed by atoms with E-state index in [1.165, 1.54) is 0 Å². The molecule has 0 radical (unpaired) electrons.